The molecule has 1 amide bonds. The highest BCUT2D eigenvalue weighted by Gasteiger charge is 2.23. The Kier molecular flexibility index (Phi) is 8.32. The SMILES string of the molecule is O=C(N[C@H](Cc1ccc(OCc2ccccc2)c(OCc2ccccc2)c1)C(=O)O)c1cccc2cccnc12. The van der Waals surface area contributed by atoms with Crippen molar-refractivity contribution in [2.24, 2.45) is 0 Å². The van der Waals surface area contributed by atoms with Gasteiger partial charge in [-0.3, -0.25) is 9.78 Å². The number of carboxylic acids is 1. The van der Waals surface area contributed by atoms with Gasteiger partial charge in [-0.1, -0.05) is 84.9 Å². The third-order valence-electron chi connectivity index (χ3n) is 6.40. The van der Waals surface area contributed by atoms with Gasteiger partial charge in [-0.2, -0.15) is 0 Å². The van der Waals surface area contributed by atoms with E-state index in [0.29, 0.717) is 41.4 Å². The summed E-state index contributed by atoms with van der Waals surface area (Å²) in [5.74, 6) is -0.606. The van der Waals surface area contributed by atoms with Crippen molar-refractivity contribution < 1.29 is 24.2 Å². The predicted molar refractivity (Wildman–Crippen MR) is 152 cm³/mol. The Morgan fingerprint density at radius 3 is 2.05 bits per heavy atom. The number of carbonyl (C=O) groups excluding carboxylic acids is 1. The zero-order valence-electron chi connectivity index (χ0n) is 21.7. The Labute approximate surface area is 232 Å². The van der Waals surface area contributed by atoms with Crippen molar-refractivity contribution in [2.45, 2.75) is 25.7 Å². The van der Waals surface area contributed by atoms with Crippen molar-refractivity contribution in [1.29, 1.82) is 0 Å². The number of carboxylic acid groups (broad SMARTS) is 1. The van der Waals surface area contributed by atoms with Crippen LogP contribution in [0, 0.1) is 0 Å². The van der Waals surface area contributed by atoms with Crippen LogP contribution >= 0.6 is 0 Å². The van der Waals surface area contributed by atoms with Crippen LogP contribution in [0.3, 0.4) is 0 Å². The van der Waals surface area contributed by atoms with Crippen LogP contribution in [0.2, 0.25) is 0 Å². The number of rotatable bonds is 11. The van der Waals surface area contributed by atoms with Gasteiger partial charge in [-0.15, -0.1) is 0 Å². The third kappa shape index (κ3) is 6.63. The van der Waals surface area contributed by atoms with Crippen LogP contribution in [0.5, 0.6) is 11.5 Å². The minimum absolute atomic E-state index is 0.0555. The van der Waals surface area contributed by atoms with Crippen LogP contribution in [0.25, 0.3) is 10.9 Å². The van der Waals surface area contributed by atoms with E-state index in [4.69, 9.17) is 9.47 Å². The largest absolute Gasteiger partial charge is 0.485 e. The average Bonchev–Trinajstić information content (AvgIpc) is 2.99. The van der Waals surface area contributed by atoms with Crippen LogP contribution in [0.4, 0.5) is 0 Å². The first-order valence-corrected chi connectivity index (χ1v) is 12.9. The van der Waals surface area contributed by atoms with Gasteiger partial charge in [0.15, 0.2) is 11.5 Å². The molecule has 0 aliphatic carbocycles. The summed E-state index contributed by atoms with van der Waals surface area (Å²) in [5.41, 5.74) is 3.52. The number of nitrogens with zero attached hydrogens (tertiary/aromatic N) is 1. The Bertz CT molecular complexity index is 1600. The number of aliphatic carboxylic acids is 1. The quantitative estimate of drug-likeness (QED) is 0.223. The standard InChI is InChI=1S/C33H28N2O5/c36-32(27-15-7-13-26-14-8-18-34-31(26)27)35-28(33(37)38)19-25-16-17-29(39-21-23-9-3-1-4-10-23)30(20-25)40-22-24-11-5-2-6-12-24/h1-18,20,28H,19,21-22H2,(H,35,36)(H,37,38)/t28-/m1/s1. The summed E-state index contributed by atoms with van der Waals surface area (Å²) in [7, 11) is 0. The van der Waals surface area contributed by atoms with Crippen LogP contribution < -0.4 is 14.8 Å². The Balaban J connectivity index is 1.35. The van der Waals surface area contributed by atoms with Crippen molar-refractivity contribution in [1.82, 2.24) is 10.3 Å². The van der Waals surface area contributed by atoms with Gasteiger partial charge in [0.25, 0.3) is 5.91 Å². The summed E-state index contributed by atoms with van der Waals surface area (Å²) in [4.78, 5) is 29.6. The van der Waals surface area contributed by atoms with E-state index in [1.165, 1.54) is 0 Å². The topological polar surface area (TPSA) is 97.8 Å². The maximum atomic E-state index is 13.1. The molecule has 2 N–H and O–H groups in total. The van der Waals surface area contributed by atoms with E-state index in [-0.39, 0.29) is 6.42 Å². The second kappa shape index (κ2) is 12.6. The normalized spacial score (nSPS) is 11.5. The fourth-order valence-corrected chi connectivity index (χ4v) is 4.34. The lowest BCUT2D eigenvalue weighted by atomic mass is 10.0. The molecule has 0 aliphatic heterocycles. The van der Waals surface area contributed by atoms with Gasteiger partial charge in [-0.05, 0) is 41.0 Å². The molecule has 0 radical (unpaired) electrons. The molecule has 0 fully saturated rings. The molecule has 1 heterocycles. The number of aromatic nitrogens is 1. The summed E-state index contributed by atoms with van der Waals surface area (Å²) in [5, 5.41) is 13.4. The number of carbonyl (C=O) groups is 2. The Hall–Kier alpha value is -5.17. The van der Waals surface area contributed by atoms with Gasteiger partial charge >= 0.3 is 5.97 Å². The van der Waals surface area contributed by atoms with Crippen LogP contribution in [0.15, 0.2) is 115 Å². The maximum absolute atomic E-state index is 13.1. The zero-order chi connectivity index (χ0) is 27.7. The number of benzene rings is 4. The number of ether oxygens (including phenoxy) is 2. The first-order chi connectivity index (χ1) is 19.6. The molecule has 0 spiro atoms. The van der Waals surface area contributed by atoms with Gasteiger partial charge < -0.3 is 19.9 Å². The highest BCUT2D eigenvalue weighted by molar-refractivity contribution is 6.06. The maximum Gasteiger partial charge on any atom is 0.326 e. The Morgan fingerprint density at radius 2 is 1.38 bits per heavy atom. The number of pyridine rings is 1. The lowest BCUT2D eigenvalue weighted by Crippen LogP contribution is -2.42. The van der Waals surface area contributed by atoms with Gasteiger partial charge in [0.2, 0.25) is 0 Å². The van der Waals surface area contributed by atoms with E-state index in [0.717, 1.165) is 16.5 Å². The first kappa shape index (κ1) is 26.4. The van der Waals surface area contributed by atoms with Gasteiger partial charge in [-0.25, -0.2) is 4.79 Å². The monoisotopic (exact) mass is 532 g/mol. The molecule has 0 saturated carbocycles. The average molecular weight is 533 g/mol. The summed E-state index contributed by atoms with van der Waals surface area (Å²) in [6, 6.07) is 32.6. The van der Waals surface area contributed by atoms with Crippen LogP contribution in [-0.4, -0.2) is 28.0 Å². The van der Waals surface area contributed by atoms with Crippen molar-refractivity contribution >= 4 is 22.8 Å². The molecule has 200 valence electrons. The second-order valence-corrected chi connectivity index (χ2v) is 9.28. The zero-order valence-corrected chi connectivity index (χ0v) is 21.7. The van der Waals surface area contributed by atoms with Gasteiger partial charge in [0, 0.05) is 18.0 Å². The molecule has 7 nitrogen and oxygen atoms in total. The molecule has 40 heavy (non-hydrogen) atoms. The molecule has 5 rings (SSSR count). The highest BCUT2D eigenvalue weighted by Crippen LogP contribution is 2.31. The molecule has 7 heteroatoms. The molecule has 1 aromatic heterocycles. The van der Waals surface area contributed by atoms with Crippen LogP contribution in [-0.2, 0) is 24.4 Å². The van der Waals surface area contributed by atoms with E-state index in [2.05, 4.69) is 10.3 Å². The number of hydrogen-bond acceptors (Lipinski definition) is 5. The molecule has 1 atom stereocenters. The lowest BCUT2D eigenvalue weighted by molar-refractivity contribution is -0.139. The summed E-state index contributed by atoms with van der Waals surface area (Å²) in [6.45, 7) is 0.675. The molecule has 0 aliphatic rings. The summed E-state index contributed by atoms with van der Waals surface area (Å²) < 4.78 is 12.2. The number of hydrogen-bond donors (Lipinski definition) is 2. The first-order valence-electron chi connectivity index (χ1n) is 12.9. The molecule has 4 aromatic carbocycles. The molecular formula is C33H28N2O5. The molecule has 0 bridgehead atoms. The van der Waals surface area contributed by atoms with Crippen LogP contribution in [0.1, 0.15) is 27.0 Å². The van der Waals surface area contributed by atoms with E-state index >= 15 is 0 Å². The number of fused-ring (bicyclic) bond motifs is 1. The minimum Gasteiger partial charge on any atom is -0.485 e. The second-order valence-electron chi connectivity index (χ2n) is 9.28. The highest BCUT2D eigenvalue weighted by atomic mass is 16.5. The van der Waals surface area contributed by atoms with Crippen molar-refractivity contribution in [3.05, 3.63) is 138 Å². The van der Waals surface area contributed by atoms with Crippen molar-refractivity contribution in [2.75, 3.05) is 0 Å². The summed E-state index contributed by atoms with van der Waals surface area (Å²) in [6.07, 6.45) is 1.66. The number of amides is 1. The van der Waals surface area contributed by atoms with E-state index < -0.39 is 17.9 Å². The van der Waals surface area contributed by atoms with E-state index in [1.54, 1.807) is 42.6 Å². The lowest BCUT2D eigenvalue weighted by Gasteiger charge is -2.18. The summed E-state index contributed by atoms with van der Waals surface area (Å²) >= 11 is 0. The smallest absolute Gasteiger partial charge is 0.326 e. The molecule has 0 unspecified atom stereocenters. The molecular weight excluding hydrogens is 504 g/mol. The van der Waals surface area contributed by atoms with Gasteiger partial charge in [0.05, 0.1) is 11.1 Å². The van der Waals surface area contributed by atoms with Crippen molar-refractivity contribution in [3.63, 3.8) is 0 Å². The van der Waals surface area contributed by atoms with E-state index in [1.807, 2.05) is 72.8 Å². The number of para-hydroxylation sites is 1. The van der Waals surface area contributed by atoms with Gasteiger partial charge in [0.1, 0.15) is 19.3 Å². The van der Waals surface area contributed by atoms with E-state index in [9.17, 15) is 14.7 Å². The third-order valence-corrected chi connectivity index (χ3v) is 6.40. The fourth-order valence-electron chi connectivity index (χ4n) is 4.34. The fraction of sp³-hybridized carbons (Fsp3) is 0.121. The van der Waals surface area contributed by atoms with Crippen molar-refractivity contribution in [3.8, 4) is 11.5 Å². The Morgan fingerprint density at radius 1 is 0.725 bits per heavy atom. The predicted octanol–water partition coefficient (Wildman–Crippen LogP) is 5.82. The number of nitrogens with one attached hydrogen (secondary N) is 1. The molecule has 0 saturated heterocycles. The minimum atomic E-state index is -1.16. The molecule has 5 aromatic rings.